The predicted molar refractivity (Wildman–Crippen MR) is 180 cm³/mol. The molecule has 6 atom stereocenters. The molecule has 4 fully saturated rings. The smallest absolute Gasteiger partial charge is 0.354 e. The van der Waals surface area contributed by atoms with Crippen LogP contribution in [0.2, 0.25) is 5.15 Å². The van der Waals surface area contributed by atoms with Gasteiger partial charge in [-0.1, -0.05) is 37.8 Å². The molecule has 0 bridgehead atoms. The third kappa shape index (κ3) is 7.87. The van der Waals surface area contributed by atoms with E-state index in [2.05, 4.69) is 27.4 Å². The van der Waals surface area contributed by atoms with Crippen LogP contribution in [0.5, 0.6) is 0 Å². The molecular formula is C36H49ClF3N5O3. The second-order valence-electron chi connectivity index (χ2n) is 15.0. The zero-order valence-corrected chi connectivity index (χ0v) is 28.8. The molecule has 1 saturated heterocycles. The average molecular weight is 692 g/mol. The lowest BCUT2D eigenvalue weighted by Gasteiger charge is -2.44. The SMILES string of the molecule is CC(=O)NC1CCN(C2CC(C(=O)NC3CCC(C)C(c4cc5cnc(Cl)cc5n(C5CCCCC5)c4=O)C3)CC(C(F)(F)F)C2)CC1. The Morgan fingerprint density at radius 1 is 0.896 bits per heavy atom. The average Bonchev–Trinajstić information content (AvgIpc) is 3.05. The second kappa shape index (κ2) is 14.7. The van der Waals surface area contributed by atoms with Gasteiger partial charge in [0.05, 0.1) is 11.4 Å². The molecule has 4 aliphatic rings. The fourth-order valence-electron chi connectivity index (χ4n) is 9.17. The summed E-state index contributed by atoms with van der Waals surface area (Å²) in [4.78, 5) is 45.9. The van der Waals surface area contributed by atoms with Gasteiger partial charge < -0.3 is 20.1 Å². The molecule has 2 N–H and O–H groups in total. The van der Waals surface area contributed by atoms with E-state index in [-0.39, 0.29) is 66.2 Å². The minimum Gasteiger partial charge on any atom is -0.354 e. The van der Waals surface area contributed by atoms with E-state index < -0.39 is 18.0 Å². The molecule has 0 aromatic carbocycles. The standard InChI is InChI=1S/C36H49ClF3N5O3/c1-21-8-9-27(18-30(21)31-16-24-20-41-33(37)19-32(24)45(35(31)48)28-6-4-3-5-7-28)43-34(47)23-14-25(36(38,39)40)17-29(15-23)44-12-10-26(11-13-44)42-22(2)46/h16,19-21,23,25-30H,3-15,17-18H2,1-2H3,(H,42,46)(H,43,47). The normalized spacial score (nSPS) is 29.9. The van der Waals surface area contributed by atoms with Gasteiger partial charge in [-0.2, -0.15) is 13.2 Å². The molecule has 1 aliphatic heterocycles. The lowest BCUT2D eigenvalue weighted by atomic mass is 9.73. The number of piperidine rings is 1. The summed E-state index contributed by atoms with van der Waals surface area (Å²) in [6, 6.07) is 3.29. The highest BCUT2D eigenvalue weighted by Crippen LogP contribution is 2.43. The first-order valence-corrected chi connectivity index (χ1v) is 18.3. The first-order valence-electron chi connectivity index (χ1n) is 18.0. The molecule has 6 rings (SSSR count). The molecule has 2 aromatic heterocycles. The number of pyridine rings is 2. The fourth-order valence-corrected chi connectivity index (χ4v) is 9.32. The highest BCUT2D eigenvalue weighted by Gasteiger charge is 2.48. The Labute approximate surface area is 285 Å². The van der Waals surface area contributed by atoms with Crippen LogP contribution >= 0.6 is 11.6 Å². The Hall–Kier alpha value is -2.66. The van der Waals surface area contributed by atoms with Gasteiger partial charge in [-0.15, -0.1) is 0 Å². The van der Waals surface area contributed by atoms with E-state index in [9.17, 15) is 27.6 Å². The van der Waals surface area contributed by atoms with Crippen molar-refractivity contribution in [2.24, 2.45) is 17.8 Å². The summed E-state index contributed by atoms with van der Waals surface area (Å²) in [5.41, 5.74) is 1.52. The first-order chi connectivity index (χ1) is 22.9. The van der Waals surface area contributed by atoms with Crippen molar-refractivity contribution in [3.63, 3.8) is 0 Å². The van der Waals surface area contributed by atoms with E-state index in [1.54, 1.807) is 12.3 Å². The zero-order chi connectivity index (χ0) is 34.2. The summed E-state index contributed by atoms with van der Waals surface area (Å²) in [6.45, 7) is 4.82. The number of nitrogens with one attached hydrogen (secondary N) is 2. The van der Waals surface area contributed by atoms with E-state index in [4.69, 9.17) is 11.6 Å². The Balaban J connectivity index is 1.19. The maximum Gasteiger partial charge on any atom is 0.391 e. The van der Waals surface area contributed by atoms with Gasteiger partial charge in [-0.3, -0.25) is 14.4 Å². The van der Waals surface area contributed by atoms with Crippen LogP contribution in [0.4, 0.5) is 13.2 Å². The number of aromatic nitrogens is 2. The van der Waals surface area contributed by atoms with E-state index in [1.807, 2.05) is 10.6 Å². The predicted octanol–water partition coefficient (Wildman–Crippen LogP) is 6.89. The summed E-state index contributed by atoms with van der Waals surface area (Å²) in [5.74, 6) is -2.57. The third-order valence-electron chi connectivity index (χ3n) is 11.8. The minimum absolute atomic E-state index is 0.00357. The highest BCUT2D eigenvalue weighted by atomic mass is 35.5. The van der Waals surface area contributed by atoms with Crippen molar-refractivity contribution in [1.82, 2.24) is 25.1 Å². The molecule has 264 valence electrons. The van der Waals surface area contributed by atoms with Crippen LogP contribution in [0.15, 0.2) is 23.1 Å². The lowest BCUT2D eigenvalue weighted by Crippen LogP contribution is -2.53. The van der Waals surface area contributed by atoms with Gasteiger partial charge in [0, 0.05) is 67.2 Å². The second-order valence-corrected chi connectivity index (χ2v) is 15.4. The van der Waals surface area contributed by atoms with E-state index >= 15 is 0 Å². The summed E-state index contributed by atoms with van der Waals surface area (Å²) >= 11 is 6.29. The Morgan fingerprint density at radius 3 is 2.31 bits per heavy atom. The minimum atomic E-state index is -4.37. The van der Waals surface area contributed by atoms with Crippen LogP contribution in [-0.2, 0) is 9.59 Å². The molecule has 2 aromatic rings. The third-order valence-corrected chi connectivity index (χ3v) is 12.0. The highest BCUT2D eigenvalue weighted by molar-refractivity contribution is 6.30. The first kappa shape index (κ1) is 35.2. The van der Waals surface area contributed by atoms with Gasteiger partial charge in [0.1, 0.15) is 5.15 Å². The number of halogens is 4. The van der Waals surface area contributed by atoms with Crippen molar-refractivity contribution in [3.05, 3.63) is 39.4 Å². The van der Waals surface area contributed by atoms with Gasteiger partial charge >= 0.3 is 6.18 Å². The number of rotatable bonds is 6. The molecule has 12 heteroatoms. The number of likely N-dealkylation sites (tertiary alicyclic amines) is 1. The summed E-state index contributed by atoms with van der Waals surface area (Å²) < 4.78 is 44.4. The van der Waals surface area contributed by atoms with Crippen LogP contribution in [0.1, 0.15) is 115 Å². The van der Waals surface area contributed by atoms with E-state index in [0.29, 0.717) is 43.9 Å². The van der Waals surface area contributed by atoms with Gasteiger partial charge in [0.25, 0.3) is 5.56 Å². The summed E-state index contributed by atoms with van der Waals surface area (Å²) in [7, 11) is 0. The lowest BCUT2D eigenvalue weighted by molar-refractivity contribution is -0.192. The van der Waals surface area contributed by atoms with Gasteiger partial charge in [0.15, 0.2) is 0 Å². The Morgan fingerprint density at radius 2 is 1.62 bits per heavy atom. The topological polar surface area (TPSA) is 96.3 Å². The largest absolute Gasteiger partial charge is 0.391 e. The van der Waals surface area contributed by atoms with Crippen LogP contribution in [0.3, 0.4) is 0 Å². The molecule has 48 heavy (non-hydrogen) atoms. The van der Waals surface area contributed by atoms with Crippen molar-refractivity contribution >= 4 is 34.3 Å². The molecule has 2 amide bonds. The molecule has 0 spiro atoms. The number of hydrogen-bond acceptors (Lipinski definition) is 5. The maximum atomic E-state index is 14.3. The number of hydrogen-bond donors (Lipinski definition) is 2. The van der Waals surface area contributed by atoms with Crippen LogP contribution in [-0.4, -0.2) is 63.7 Å². The Kier molecular flexibility index (Phi) is 10.8. The number of fused-ring (bicyclic) bond motifs is 1. The van der Waals surface area contributed by atoms with E-state index in [0.717, 1.165) is 61.4 Å². The van der Waals surface area contributed by atoms with Crippen molar-refractivity contribution in [1.29, 1.82) is 0 Å². The number of alkyl halides is 3. The van der Waals surface area contributed by atoms with Gasteiger partial charge in [-0.05, 0) is 88.2 Å². The monoisotopic (exact) mass is 691 g/mol. The number of nitrogens with zero attached hydrogens (tertiary/aromatic N) is 3. The van der Waals surface area contributed by atoms with Crippen molar-refractivity contribution in [2.45, 2.75) is 134 Å². The fraction of sp³-hybridized carbons (Fsp3) is 0.722. The summed E-state index contributed by atoms with van der Waals surface area (Å²) in [5, 5.41) is 7.30. The zero-order valence-electron chi connectivity index (χ0n) is 28.0. The van der Waals surface area contributed by atoms with Crippen molar-refractivity contribution in [3.8, 4) is 0 Å². The van der Waals surface area contributed by atoms with Crippen molar-refractivity contribution < 1.29 is 22.8 Å². The Bertz CT molecular complexity index is 1540. The molecule has 3 aliphatic carbocycles. The number of amides is 2. The van der Waals surface area contributed by atoms with Crippen molar-refractivity contribution in [2.75, 3.05) is 13.1 Å². The van der Waals surface area contributed by atoms with Crippen LogP contribution in [0.25, 0.3) is 10.9 Å². The maximum absolute atomic E-state index is 14.3. The molecule has 6 unspecified atom stereocenters. The molecule has 3 saturated carbocycles. The molecule has 8 nitrogen and oxygen atoms in total. The molecule has 3 heterocycles. The molecular weight excluding hydrogens is 643 g/mol. The number of carbonyl (C=O) groups is 2. The quantitative estimate of drug-likeness (QED) is 0.322. The van der Waals surface area contributed by atoms with E-state index in [1.165, 1.54) is 6.92 Å². The summed E-state index contributed by atoms with van der Waals surface area (Å²) in [6.07, 6.45) is 6.18. The molecule has 0 radical (unpaired) electrons. The van der Waals surface area contributed by atoms with Crippen LogP contribution < -0.4 is 16.2 Å². The number of carbonyl (C=O) groups excluding carboxylic acids is 2. The van der Waals surface area contributed by atoms with Gasteiger partial charge in [0.2, 0.25) is 11.8 Å². The van der Waals surface area contributed by atoms with Crippen LogP contribution in [0, 0.1) is 17.8 Å². The van der Waals surface area contributed by atoms with Gasteiger partial charge in [-0.25, -0.2) is 4.98 Å².